The summed E-state index contributed by atoms with van der Waals surface area (Å²) in [6.07, 6.45) is 1.41. The Morgan fingerprint density at radius 3 is 2.28 bits per heavy atom. The van der Waals surface area contributed by atoms with Crippen LogP contribution in [0.1, 0.15) is 16.7 Å². The van der Waals surface area contributed by atoms with Gasteiger partial charge in [-0.15, -0.1) is 0 Å². The fraction of sp³-hybridized carbons (Fsp3) is 0.0800. The van der Waals surface area contributed by atoms with E-state index in [0.29, 0.717) is 36.0 Å². The van der Waals surface area contributed by atoms with E-state index >= 15 is 0 Å². The molecule has 1 heterocycles. The molecule has 1 N–H and O–H groups in total. The summed E-state index contributed by atoms with van der Waals surface area (Å²) in [5, 5.41) is 3.24. The maximum atomic E-state index is 13.2. The van der Waals surface area contributed by atoms with Gasteiger partial charge in [-0.1, -0.05) is 45.2 Å². The van der Waals surface area contributed by atoms with E-state index in [1.165, 1.54) is 6.08 Å². The Labute approximate surface area is 242 Å². The lowest BCUT2D eigenvalue weighted by molar-refractivity contribution is -0.122. The van der Waals surface area contributed by atoms with Crippen molar-refractivity contribution in [3.05, 3.63) is 94.3 Å². The first-order chi connectivity index (χ1) is 17.0. The number of amides is 4. The Bertz CT molecular complexity index is 1440. The molecule has 0 atom stereocenters. The molecule has 0 radical (unpaired) electrons. The van der Waals surface area contributed by atoms with Crippen LogP contribution in [0.15, 0.2) is 67.5 Å². The summed E-state index contributed by atoms with van der Waals surface area (Å²) in [4.78, 5) is 39.2. The number of hydrogen-bond acceptors (Lipinski definition) is 4. The zero-order chi connectivity index (χ0) is 26.1. The van der Waals surface area contributed by atoms with Gasteiger partial charge in [0.1, 0.15) is 17.9 Å². The molecule has 3 aromatic carbocycles. The average molecular weight is 718 g/mol. The number of nitrogens with one attached hydrogen (secondary N) is 1. The smallest absolute Gasteiger partial charge is 0.335 e. The van der Waals surface area contributed by atoms with Gasteiger partial charge in [-0.2, -0.15) is 0 Å². The molecule has 1 saturated heterocycles. The standard InChI is InChI=1S/C25H15Br3Cl2N2O4/c1-12-6-16(4-5-18(12)26)32-24(34)17(23(33)31-25(32)35)7-13-8-19(27)22(20(28)9-13)36-11-14-2-3-15(29)10-21(14)30/h2-10H,11H2,1H3,(H,31,33,35)/b17-7+. The number of halogens is 5. The first-order valence-corrected chi connectivity index (χ1v) is 13.4. The number of ether oxygens (including phenoxy) is 1. The molecule has 3 aromatic rings. The lowest BCUT2D eigenvalue weighted by Gasteiger charge is -2.26. The van der Waals surface area contributed by atoms with Crippen molar-refractivity contribution in [1.29, 1.82) is 0 Å². The van der Waals surface area contributed by atoms with Gasteiger partial charge in [0, 0.05) is 20.1 Å². The van der Waals surface area contributed by atoms with E-state index < -0.39 is 17.8 Å². The van der Waals surface area contributed by atoms with Crippen molar-refractivity contribution in [1.82, 2.24) is 5.32 Å². The lowest BCUT2D eigenvalue weighted by atomic mass is 10.1. The highest BCUT2D eigenvalue weighted by Gasteiger charge is 2.37. The lowest BCUT2D eigenvalue weighted by Crippen LogP contribution is -2.54. The summed E-state index contributed by atoms with van der Waals surface area (Å²) in [7, 11) is 0. The molecule has 0 spiro atoms. The second kappa shape index (κ2) is 11.1. The second-order valence-electron chi connectivity index (χ2n) is 7.73. The van der Waals surface area contributed by atoms with Gasteiger partial charge in [0.25, 0.3) is 11.8 Å². The Kier molecular flexibility index (Phi) is 8.26. The van der Waals surface area contributed by atoms with Gasteiger partial charge in [0.2, 0.25) is 0 Å². The number of aryl methyl sites for hydroxylation is 1. The van der Waals surface area contributed by atoms with E-state index in [1.54, 1.807) is 48.5 Å². The number of imide groups is 2. The minimum atomic E-state index is -0.809. The third kappa shape index (κ3) is 5.70. The van der Waals surface area contributed by atoms with Crippen LogP contribution in [0.3, 0.4) is 0 Å². The molecule has 11 heteroatoms. The SMILES string of the molecule is Cc1cc(N2C(=O)NC(=O)/C(=C\c3cc(Br)c(OCc4ccc(Cl)cc4Cl)c(Br)c3)C2=O)ccc1Br. The van der Waals surface area contributed by atoms with Gasteiger partial charge in [-0.25, -0.2) is 9.69 Å². The number of rotatable bonds is 5. The summed E-state index contributed by atoms with van der Waals surface area (Å²) in [6, 6.07) is 12.8. The molecule has 6 nitrogen and oxygen atoms in total. The fourth-order valence-electron chi connectivity index (χ4n) is 3.42. The largest absolute Gasteiger partial charge is 0.486 e. The topological polar surface area (TPSA) is 75.7 Å². The number of hydrogen-bond donors (Lipinski definition) is 1. The maximum Gasteiger partial charge on any atom is 0.335 e. The molecule has 4 rings (SSSR count). The van der Waals surface area contributed by atoms with Gasteiger partial charge < -0.3 is 4.74 Å². The van der Waals surface area contributed by atoms with Crippen LogP contribution in [-0.2, 0) is 16.2 Å². The van der Waals surface area contributed by atoms with Crippen LogP contribution < -0.4 is 15.0 Å². The molecule has 36 heavy (non-hydrogen) atoms. The second-order valence-corrected chi connectivity index (χ2v) is 11.1. The third-order valence-corrected chi connectivity index (χ3v) is 7.87. The van der Waals surface area contributed by atoms with Crippen LogP contribution in [-0.4, -0.2) is 17.8 Å². The molecule has 1 aliphatic heterocycles. The molecule has 0 aromatic heterocycles. The molecule has 4 amide bonds. The molecule has 1 aliphatic rings. The first-order valence-electron chi connectivity index (χ1n) is 10.3. The van der Waals surface area contributed by atoms with Crippen molar-refractivity contribution in [3.63, 3.8) is 0 Å². The monoisotopic (exact) mass is 714 g/mol. The van der Waals surface area contributed by atoms with Crippen LogP contribution in [0.25, 0.3) is 6.08 Å². The Hall–Kier alpha value is -2.17. The normalized spacial score (nSPS) is 14.9. The quantitative estimate of drug-likeness (QED) is 0.216. The van der Waals surface area contributed by atoms with Gasteiger partial charge in [0.05, 0.1) is 14.6 Å². The first kappa shape index (κ1) is 26.9. The van der Waals surface area contributed by atoms with Crippen LogP contribution >= 0.6 is 71.0 Å². The number of nitrogens with zero attached hydrogens (tertiary/aromatic N) is 1. The van der Waals surface area contributed by atoms with Gasteiger partial charge >= 0.3 is 6.03 Å². The highest BCUT2D eigenvalue weighted by Crippen LogP contribution is 2.37. The Morgan fingerprint density at radius 2 is 1.64 bits per heavy atom. The van der Waals surface area contributed by atoms with Crippen LogP contribution in [0, 0.1) is 6.92 Å². The van der Waals surface area contributed by atoms with E-state index in [9.17, 15) is 14.4 Å². The minimum absolute atomic E-state index is 0.185. The number of barbiturate groups is 1. The summed E-state index contributed by atoms with van der Waals surface area (Å²) < 4.78 is 7.91. The van der Waals surface area contributed by atoms with Crippen molar-refractivity contribution in [3.8, 4) is 5.75 Å². The maximum absolute atomic E-state index is 13.2. The summed E-state index contributed by atoms with van der Waals surface area (Å²) in [5.74, 6) is -1.000. The molecule has 184 valence electrons. The van der Waals surface area contributed by atoms with Gasteiger partial charge in [-0.05, 0) is 98.5 Å². The summed E-state index contributed by atoms with van der Waals surface area (Å²) >= 11 is 22.5. The van der Waals surface area contributed by atoms with Gasteiger partial charge in [-0.3, -0.25) is 14.9 Å². The van der Waals surface area contributed by atoms with Crippen molar-refractivity contribution >= 4 is 101 Å². The number of anilines is 1. The molecule has 0 saturated carbocycles. The fourth-order valence-corrected chi connectivity index (χ4v) is 5.58. The van der Waals surface area contributed by atoms with E-state index in [-0.39, 0.29) is 12.2 Å². The number of carbonyl (C=O) groups is 3. The molecular weight excluding hydrogens is 703 g/mol. The predicted octanol–water partition coefficient (Wildman–Crippen LogP) is 7.83. The molecular formula is C25H15Br3Cl2N2O4. The minimum Gasteiger partial charge on any atom is -0.486 e. The highest BCUT2D eigenvalue weighted by atomic mass is 79.9. The highest BCUT2D eigenvalue weighted by molar-refractivity contribution is 9.11. The zero-order valence-electron chi connectivity index (χ0n) is 18.4. The summed E-state index contributed by atoms with van der Waals surface area (Å²) in [5.41, 5.74) is 2.28. The number of benzene rings is 3. The Morgan fingerprint density at radius 1 is 0.944 bits per heavy atom. The van der Waals surface area contributed by atoms with E-state index in [2.05, 4.69) is 53.1 Å². The molecule has 0 bridgehead atoms. The molecule has 1 fully saturated rings. The van der Waals surface area contributed by atoms with Crippen LogP contribution in [0.2, 0.25) is 10.0 Å². The van der Waals surface area contributed by atoms with Crippen molar-refractivity contribution in [2.24, 2.45) is 0 Å². The van der Waals surface area contributed by atoms with E-state index in [1.807, 2.05) is 6.92 Å². The Balaban J connectivity index is 1.61. The van der Waals surface area contributed by atoms with Gasteiger partial charge in [0.15, 0.2) is 0 Å². The van der Waals surface area contributed by atoms with E-state index in [0.717, 1.165) is 20.5 Å². The van der Waals surface area contributed by atoms with Crippen LogP contribution in [0.4, 0.5) is 10.5 Å². The van der Waals surface area contributed by atoms with E-state index in [4.69, 9.17) is 27.9 Å². The van der Waals surface area contributed by atoms with Crippen LogP contribution in [0.5, 0.6) is 5.75 Å². The zero-order valence-corrected chi connectivity index (χ0v) is 24.6. The van der Waals surface area contributed by atoms with Crippen molar-refractivity contribution in [2.75, 3.05) is 4.90 Å². The average Bonchev–Trinajstić information content (AvgIpc) is 2.79. The molecule has 0 unspecified atom stereocenters. The number of carbonyl (C=O) groups excluding carboxylic acids is 3. The number of urea groups is 1. The molecule has 0 aliphatic carbocycles. The van der Waals surface area contributed by atoms with Crippen molar-refractivity contribution < 1.29 is 19.1 Å². The predicted molar refractivity (Wildman–Crippen MR) is 151 cm³/mol. The summed E-state index contributed by atoms with van der Waals surface area (Å²) in [6.45, 7) is 2.03. The van der Waals surface area contributed by atoms with Crippen molar-refractivity contribution in [2.45, 2.75) is 13.5 Å². The third-order valence-electron chi connectivity index (χ3n) is 5.22.